The van der Waals surface area contributed by atoms with Crippen LogP contribution in [0.5, 0.6) is 0 Å². The van der Waals surface area contributed by atoms with Crippen molar-refractivity contribution in [2.45, 2.75) is 39.2 Å². The van der Waals surface area contributed by atoms with E-state index in [1.165, 1.54) is 6.07 Å². The highest BCUT2D eigenvalue weighted by atomic mass is 19.1. The fourth-order valence-electron chi connectivity index (χ4n) is 2.72. The molecule has 2 rings (SSSR count). The molecule has 0 aliphatic carbocycles. The number of benzene rings is 1. The van der Waals surface area contributed by atoms with E-state index < -0.39 is 11.6 Å². The Hall–Kier alpha value is -0.960. The number of halogens is 2. The van der Waals surface area contributed by atoms with Crippen LogP contribution >= 0.6 is 0 Å². The summed E-state index contributed by atoms with van der Waals surface area (Å²) in [6, 6.07) is 3.94. The third kappa shape index (κ3) is 2.56. The number of likely N-dealkylation sites (tertiary alicyclic amines) is 1. The molecule has 1 heterocycles. The van der Waals surface area contributed by atoms with Gasteiger partial charge in [0.15, 0.2) is 0 Å². The Morgan fingerprint density at radius 2 is 1.83 bits per heavy atom. The van der Waals surface area contributed by atoms with Gasteiger partial charge in [-0.05, 0) is 38.3 Å². The molecule has 1 nitrogen and oxygen atoms in total. The summed E-state index contributed by atoms with van der Waals surface area (Å²) in [5, 5.41) is 0. The molecule has 0 radical (unpaired) electrons. The Bertz CT molecular complexity index is 437. The van der Waals surface area contributed by atoms with Gasteiger partial charge in [0.1, 0.15) is 11.6 Å². The first-order chi connectivity index (χ1) is 8.29. The Kier molecular flexibility index (Phi) is 3.45. The van der Waals surface area contributed by atoms with Crippen molar-refractivity contribution in [3.8, 4) is 0 Å². The highest BCUT2D eigenvalue weighted by Gasteiger charge is 2.36. The third-order valence-electron chi connectivity index (χ3n) is 3.92. The second kappa shape index (κ2) is 4.61. The molecule has 2 atom stereocenters. The molecule has 1 aliphatic rings. The maximum Gasteiger partial charge on any atom is 0.129 e. The van der Waals surface area contributed by atoms with Gasteiger partial charge in [-0.15, -0.1) is 0 Å². The molecule has 0 aromatic heterocycles. The van der Waals surface area contributed by atoms with E-state index in [1.807, 2.05) is 0 Å². The minimum Gasteiger partial charge on any atom is -0.298 e. The summed E-state index contributed by atoms with van der Waals surface area (Å²) in [6.07, 6.45) is 0. The van der Waals surface area contributed by atoms with Gasteiger partial charge < -0.3 is 0 Å². The first-order valence-electron chi connectivity index (χ1n) is 6.49. The van der Waals surface area contributed by atoms with Crippen LogP contribution in [0.15, 0.2) is 18.2 Å². The van der Waals surface area contributed by atoms with Gasteiger partial charge in [0.05, 0.1) is 0 Å². The van der Waals surface area contributed by atoms with E-state index in [0.29, 0.717) is 11.5 Å². The zero-order chi connectivity index (χ0) is 13.5. The summed E-state index contributed by atoms with van der Waals surface area (Å²) < 4.78 is 26.8. The van der Waals surface area contributed by atoms with Gasteiger partial charge in [-0.25, -0.2) is 8.78 Å². The van der Waals surface area contributed by atoms with Crippen LogP contribution in [0.25, 0.3) is 0 Å². The zero-order valence-electron chi connectivity index (χ0n) is 11.5. The lowest BCUT2D eigenvalue weighted by molar-refractivity contribution is 0.168. The molecule has 0 saturated carbocycles. The van der Waals surface area contributed by atoms with Crippen molar-refractivity contribution >= 4 is 0 Å². The maximum atomic E-state index is 13.8. The third-order valence-corrected chi connectivity index (χ3v) is 3.92. The Balaban J connectivity index is 2.24. The van der Waals surface area contributed by atoms with Crippen LogP contribution < -0.4 is 0 Å². The largest absolute Gasteiger partial charge is 0.298 e. The van der Waals surface area contributed by atoms with Crippen LogP contribution in [-0.4, -0.2) is 23.5 Å². The summed E-state index contributed by atoms with van der Waals surface area (Å²) in [5.41, 5.74) is 0.745. The van der Waals surface area contributed by atoms with E-state index in [2.05, 4.69) is 32.6 Å². The highest BCUT2D eigenvalue weighted by molar-refractivity contribution is 5.25. The van der Waals surface area contributed by atoms with E-state index in [-0.39, 0.29) is 11.5 Å². The lowest BCUT2D eigenvalue weighted by Gasteiger charge is -2.31. The minimum absolute atomic E-state index is 0.0967. The molecule has 1 aliphatic heterocycles. The zero-order valence-corrected chi connectivity index (χ0v) is 11.5. The molecule has 0 N–H and O–H groups in total. The normalized spacial score (nSPS) is 25.7. The summed E-state index contributed by atoms with van der Waals surface area (Å²) in [6.45, 7) is 10.5. The molecular formula is C15H21F2N. The predicted octanol–water partition coefficient (Wildman–Crippen LogP) is 3.80. The Morgan fingerprint density at radius 1 is 1.17 bits per heavy atom. The molecule has 3 heteroatoms. The molecule has 1 fully saturated rings. The fourth-order valence-corrected chi connectivity index (χ4v) is 2.72. The van der Waals surface area contributed by atoms with Gasteiger partial charge in [0.2, 0.25) is 0 Å². The maximum absolute atomic E-state index is 13.8. The van der Waals surface area contributed by atoms with E-state index in [4.69, 9.17) is 0 Å². The summed E-state index contributed by atoms with van der Waals surface area (Å²) >= 11 is 0. The number of hydrogen-bond donors (Lipinski definition) is 0. The van der Waals surface area contributed by atoms with E-state index in [1.54, 1.807) is 6.07 Å². The van der Waals surface area contributed by atoms with Gasteiger partial charge in [-0.2, -0.15) is 0 Å². The summed E-state index contributed by atoms with van der Waals surface area (Å²) in [5.74, 6) is -0.369. The first-order valence-corrected chi connectivity index (χ1v) is 6.49. The van der Waals surface area contributed by atoms with Crippen molar-refractivity contribution < 1.29 is 8.78 Å². The number of nitrogens with zero attached hydrogens (tertiary/aromatic N) is 1. The number of rotatable bonds is 1. The Labute approximate surface area is 108 Å². The highest BCUT2D eigenvalue weighted by Crippen LogP contribution is 2.36. The molecule has 1 saturated heterocycles. The van der Waals surface area contributed by atoms with Crippen LogP contribution in [-0.2, 0) is 0 Å². The molecule has 100 valence electrons. The van der Waals surface area contributed by atoms with E-state index in [9.17, 15) is 8.78 Å². The molecule has 0 spiro atoms. The van der Waals surface area contributed by atoms with Crippen molar-refractivity contribution in [3.05, 3.63) is 35.4 Å². The van der Waals surface area contributed by atoms with Crippen molar-refractivity contribution in [1.82, 2.24) is 4.90 Å². The lowest BCUT2D eigenvalue weighted by Crippen LogP contribution is -2.39. The van der Waals surface area contributed by atoms with Crippen molar-refractivity contribution in [2.75, 3.05) is 13.1 Å². The van der Waals surface area contributed by atoms with Gasteiger partial charge in [0.25, 0.3) is 0 Å². The predicted molar refractivity (Wildman–Crippen MR) is 69.6 cm³/mol. The first kappa shape index (κ1) is 13.5. The fraction of sp³-hybridized carbons (Fsp3) is 0.600. The minimum atomic E-state index is -0.505. The molecule has 0 bridgehead atoms. The molecule has 2 unspecified atom stereocenters. The number of hydrogen-bond acceptors (Lipinski definition) is 1. The second-order valence-corrected chi connectivity index (χ2v) is 6.33. The average molecular weight is 253 g/mol. The van der Waals surface area contributed by atoms with Crippen LogP contribution in [0.3, 0.4) is 0 Å². The second-order valence-electron chi connectivity index (χ2n) is 6.33. The topological polar surface area (TPSA) is 3.24 Å². The molecule has 18 heavy (non-hydrogen) atoms. The smallest absolute Gasteiger partial charge is 0.129 e. The van der Waals surface area contributed by atoms with Gasteiger partial charge >= 0.3 is 0 Å². The lowest BCUT2D eigenvalue weighted by atomic mass is 9.90. The average Bonchev–Trinajstić information content (AvgIpc) is 2.60. The van der Waals surface area contributed by atoms with E-state index in [0.717, 1.165) is 19.2 Å². The Morgan fingerprint density at radius 3 is 2.33 bits per heavy atom. The standard InChI is InChI=1S/C15H21F2N/c1-10-8-18(15(2,3)4)9-13(10)12-6-5-11(16)7-14(12)17/h5-7,10,13H,8-9H2,1-4H3. The molecule has 0 amide bonds. The SMILES string of the molecule is CC1CN(C(C)(C)C)CC1c1ccc(F)cc1F. The van der Waals surface area contributed by atoms with Crippen LogP contribution in [0, 0.1) is 17.6 Å². The van der Waals surface area contributed by atoms with E-state index >= 15 is 0 Å². The van der Waals surface area contributed by atoms with Gasteiger partial charge in [-0.3, -0.25) is 4.90 Å². The van der Waals surface area contributed by atoms with Crippen LogP contribution in [0.4, 0.5) is 8.78 Å². The van der Waals surface area contributed by atoms with Crippen molar-refractivity contribution in [3.63, 3.8) is 0 Å². The monoisotopic (exact) mass is 253 g/mol. The quantitative estimate of drug-likeness (QED) is 0.736. The molecule has 1 aromatic carbocycles. The van der Waals surface area contributed by atoms with Gasteiger partial charge in [-0.1, -0.05) is 13.0 Å². The summed E-state index contributed by atoms with van der Waals surface area (Å²) in [7, 11) is 0. The summed E-state index contributed by atoms with van der Waals surface area (Å²) in [4.78, 5) is 2.37. The van der Waals surface area contributed by atoms with Crippen LogP contribution in [0.1, 0.15) is 39.2 Å². The van der Waals surface area contributed by atoms with Crippen molar-refractivity contribution in [1.29, 1.82) is 0 Å². The molecular weight excluding hydrogens is 232 g/mol. The van der Waals surface area contributed by atoms with Gasteiger partial charge in [0, 0.05) is 30.6 Å². The van der Waals surface area contributed by atoms with Crippen molar-refractivity contribution in [2.24, 2.45) is 5.92 Å². The van der Waals surface area contributed by atoms with Crippen LogP contribution in [0.2, 0.25) is 0 Å². The molecule has 1 aromatic rings.